The molecule has 0 atom stereocenters. The van der Waals surface area contributed by atoms with E-state index in [1.54, 1.807) is 0 Å². The maximum absolute atomic E-state index is 4.89. The van der Waals surface area contributed by atoms with E-state index >= 15 is 0 Å². The molecule has 0 fully saturated rings. The summed E-state index contributed by atoms with van der Waals surface area (Å²) in [6.45, 7) is 17.8. The van der Waals surface area contributed by atoms with Crippen LogP contribution in [-0.4, -0.2) is 9.52 Å². The van der Waals surface area contributed by atoms with Crippen molar-refractivity contribution >= 4 is 49.7 Å². The van der Waals surface area contributed by atoms with Gasteiger partial charge in [-0.2, -0.15) is 12.1 Å². The molecule has 172 valence electrons. The van der Waals surface area contributed by atoms with Crippen molar-refractivity contribution in [3.8, 4) is 0 Å². The monoisotopic (exact) mass is 518 g/mol. The number of fused-ring (bicyclic) bond motifs is 2. The summed E-state index contributed by atoms with van der Waals surface area (Å²) in [5, 5.41) is 5.42. The Hall–Kier alpha value is -0.829. The van der Waals surface area contributed by atoms with Crippen molar-refractivity contribution in [3.05, 3.63) is 83.9 Å². The summed E-state index contributed by atoms with van der Waals surface area (Å²) < 4.78 is 0. The zero-order valence-electron chi connectivity index (χ0n) is 20.7. The maximum atomic E-state index is 4.89. The van der Waals surface area contributed by atoms with E-state index in [1.165, 1.54) is 32.7 Å². The SMILES string of the molecule is CC(C)(C)c1cc2ccccc2[cH-]1.CC(C)(C)c1cc2ccccc2[cH-]1.C[Si]C.[Cl][Ti][Cl]. The first-order valence-corrected chi connectivity index (χ1v) is 17.1. The van der Waals surface area contributed by atoms with E-state index in [4.69, 9.17) is 18.6 Å². The Morgan fingerprint density at radius 3 is 1.19 bits per heavy atom. The van der Waals surface area contributed by atoms with Gasteiger partial charge in [0.05, 0.1) is 0 Å². The van der Waals surface area contributed by atoms with E-state index in [0.29, 0.717) is 0 Å². The second-order valence-electron chi connectivity index (χ2n) is 9.82. The third-order valence-corrected chi connectivity index (χ3v) is 4.97. The number of benzene rings is 2. The van der Waals surface area contributed by atoms with Gasteiger partial charge >= 0.3 is 35.6 Å². The van der Waals surface area contributed by atoms with E-state index in [2.05, 4.69) is 127 Å². The molecule has 4 heteroatoms. The van der Waals surface area contributed by atoms with Gasteiger partial charge in [-0.05, 0) is 10.8 Å². The van der Waals surface area contributed by atoms with Crippen molar-refractivity contribution in [2.45, 2.75) is 65.5 Å². The van der Waals surface area contributed by atoms with E-state index in [0.717, 1.165) is 9.52 Å². The summed E-state index contributed by atoms with van der Waals surface area (Å²) >= 11 is -0.556. The summed E-state index contributed by atoms with van der Waals surface area (Å²) in [4.78, 5) is 0. The quantitative estimate of drug-likeness (QED) is 0.160. The molecule has 4 rings (SSSR count). The van der Waals surface area contributed by atoms with Gasteiger partial charge < -0.3 is 0 Å². The fraction of sp³-hybridized carbons (Fsp3) is 0.357. The molecule has 4 aromatic carbocycles. The van der Waals surface area contributed by atoms with Crippen LogP contribution in [0.2, 0.25) is 13.1 Å². The molecule has 2 radical (unpaired) electrons. The van der Waals surface area contributed by atoms with Gasteiger partial charge in [0.15, 0.2) is 0 Å². The van der Waals surface area contributed by atoms with E-state index in [9.17, 15) is 0 Å². The molecule has 0 spiro atoms. The molecule has 0 nitrogen and oxygen atoms in total. The zero-order chi connectivity index (χ0) is 24.4. The van der Waals surface area contributed by atoms with Gasteiger partial charge in [-0.15, -0.1) is 81.2 Å². The van der Waals surface area contributed by atoms with Gasteiger partial charge in [-0.3, -0.25) is 0 Å². The second-order valence-corrected chi connectivity index (χ2v) is 13.4. The molecule has 0 saturated heterocycles. The van der Waals surface area contributed by atoms with Crippen LogP contribution in [0.1, 0.15) is 52.7 Å². The summed E-state index contributed by atoms with van der Waals surface area (Å²) in [5.41, 5.74) is 3.38. The van der Waals surface area contributed by atoms with Crippen LogP contribution in [0.4, 0.5) is 0 Å². The van der Waals surface area contributed by atoms with Crippen LogP contribution in [0.25, 0.3) is 21.5 Å². The van der Waals surface area contributed by atoms with Crippen LogP contribution >= 0.6 is 18.6 Å². The van der Waals surface area contributed by atoms with Crippen molar-refractivity contribution in [3.63, 3.8) is 0 Å². The Morgan fingerprint density at radius 1 is 0.656 bits per heavy atom. The van der Waals surface area contributed by atoms with Crippen LogP contribution in [0.5, 0.6) is 0 Å². The Bertz CT molecular complexity index is 896. The molecule has 0 bridgehead atoms. The molecule has 0 aliphatic heterocycles. The number of hydrogen-bond donors (Lipinski definition) is 0. The molecule has 0 heterocycles. The van der Waals surface area contributed by atoms with E-state index in [-0.39, 0.29) is 10.8 Å². The Balaban J connectivity index is 0.000000258. The van der Waals surface area contributed by atoms with Crippen molar-refractivity contribution in [2.75, 3.05) is 0 Å². The molecule has 0 aliphatic rings. The van der Waals surface area contributed by atoms with Gasteiger partial charge in [-0.25, -0.2) is 0 Å². The average molecular weight is 519 g/mol. The van der Waals surface area contributed by atoms with Crippen LogP contribution in [-0.2, 0) is 27.9 Å². The third kappa shape index (κ3) is 9.58. The fourth-order valence-electron chi connectivity index (χ4n) is 3.17. The molecule has 0 aromatic heterocycles. The van der Waals surface area contributed by atoms with Gasteiger partial charge in [0.2, 0.25) is 0 Å². The zero-order valence-corrected chi connectivity index (χ0v) is 24.8. The normalized spacial score (nSPS) is 10.9. The molecule has 0 saturated carbocycles. The molecule has 0 unspecified atom stereocenters. The molecule has 0 aliphatic carbocycles. The summed E-state index contributed by atoms with van der Waals surface area (Å²) in [7, 11) is 10.9. The van der Waals surface area contributed by atoms with Crippen molar-refractivity contribution < 1.29 is 17.0 Å². The van der Waals surface area contributed by atoms with Crippen molar-refractivity contribution in [1.29, 1.82) is 0 Å². The Labute approximate surface area is 214 Å². The standard InChI is InChI=1S/2C13H15.C2H6Si.2ClH.Ti/c2*1-13(2,3)12-8-10-6-4-5-7-11(10)9-12;1-3-2;;;/h2*4-9H,1-3H3;1-2H3;2*1H;/q2*-1;;;;+2/p-2. The van der Waals surface area contributed by atoms with Crippen LogP contribution in [0.15, 0.2) is 72.8 Å². The first kappa shape index (κ1) is 29.2. The van der Waals surface area contributed by atoms with Crippen LogP contribution in [0, 0.1) is 0 Å². The Kier molecular flexibility index (Phi) is 12.6. The molecule has 0 N–H and O–H groups in total. The topological polar surface area (TPSA) is 0 Å². The van der Waals surface area contributed by atoms with Crippen molar-refractivity contribution in [1.82, 2.24) is 0 Å². The van der Waals surface area contributed by atoms with Gasteiger partial charge in [0.1, 0.15) is 0 Å². The first-order valence-electron chi connectivity index (χ1n) is 10.8. The number of halogens is 2. The first-order chi connectivity index (χ1) is 15.0. The van der Waals surface area contributed by atoms with Gasteiger partial charge in [0.25, 0.3) is 0 Å². The third-order valence-electron chi connectivity index (χ3n) is 4.97. The molecular formula is C28H36Cl2SiTi-2. The second kappa shape index (κ2) is 13.8. The predicted molar refractivity (Wildman–Crippen MR) is 146 cm³/mol. The van der Waals surface area contributed by atoms with Gasteiger partial charge in [0, 0.05) is 9.52 Å². The fourth-order valence-corrected chi connectivity index (χ4v) is 3.17. The molecule has 32 heavy (non-hydrogen) atoms. The van der Waals surface area contributed by atoms with E-state index in [1.807, 2.05) is 0 Å². The molecule has 0 amide bonds. The molecule has 4 aromatic rings. The summed E-state index contributed by atoms with van der Waals surface area (Å²) in [6, 6.07) is 26.2. The summed E-state index contributed by atoms with van der Waals surface area (Å²) in [6.07, 6.45) is 0. The summed E-state index contributed by atoms with van der Waals surface area (Å²) in [5.74, 6) is 0. The van der Waals surface area contributed by atoms with Crippen LogP contribution in [0.3, 0.4) is 0 Å². The average Bonchev–Trinajstić information content (AvgIpc) is 3.34. The minimum atomic E-state index is -0.556. The van der Waals surface area contributed by atoms with Crippen molar-refractivity contribution in [2.24, 2.45) is 0 Å². The van der Waals surface area contributed by atoms with E-state index < -0.39 is 17.0 Å². The number of rotatable bonds is 0. The predicted octanol–water partition coefficient (Wildman–Crippen LogP) is 9.88. The van der Waals surface area contributed by atoms with Gasteiger partial charge in [-0.1, -0.05) is 66.8 Å². The Morgan fingerprint density at radius 2 is 0.938 bits per heavy atom. The van der Waals surface area contributed by atoms with Crippen LogP contribution < -0.4 is 0 Å². The minimum absolute atomic E-state index is 0.263. The molecular weight excluding hydrogens is 483 g/mol. The number of hydrogen-bond acceptors (Lipinski definition) is 0.